The second-order valence-corrected chi connectivity index (χ2v) is 5.94. The van der Waals surface area contributed by atoms with Gasteiger partial charge in [0.25, 0.3) is 0 Å². The van der Waals surface area contributed by atoms with Crippen LogP contribution >= 0.6 is 0 Å². The molecule has 0 amide bonds. The maximum absolute atomic E-state index is 12.5. The molecule has 2 rings (SSSR count). The summed E-state index contributed by atoms with van der Waals surface area (Å²) in [6.45, 7) is 6.12. The molecule has 0 unspecified atom stereocenters. The third kappa shape index (κ3) is 2.92. The van der Waals surface area contributed by atoms with Gasteiger partial charge in [-0.25, -0.2) is 4.39 Å². The molecule has 1 aromatic carbocycles. The van der Waals surface area contributed by atoms with Gasteiger partial charge >= 0.3 is 0 Å². The van der Waals surface area contributed by atoms with E-state index in [0.29, 0.717) is 24.1 Å². The number of carbonyl (C=O) groups is 1. The molecule has 0 spiro atoms. The maximum atomic E-state index is 12.5. The fourth-order valence-electron chi connectivity index (χ4n) is 2.40. The Balaban J connectivity index is 2.16. The Morgan fingerprint density at radius 1 is 1.45 bits per heavy atom. The van der Waals surface area contributed by atoms with Crippen LogP contribution in [0.2, 0.25) is 0 Å². The molecule has 0 atom stereocenters. The first kappa shape index (κ1) is 14.8. The minimum absolute atomic E-state index is 0.197. The van der Waals surface area contributed by atoms with Gasteiger partial charge in [-0.15, -0.1) is 0 Å². The normalized spacial score (nSPS) is 17.8. The van der Waals surface area contributed by atoms with Crippen LogP contribution in [0.1, 0.15) is 49.5 Å². The molecule has 0 saturated heterocycles. The van der Waals surface area contributed by atoms with Gasteiger partial charge in [-0.1, -0.05) is 20.8 Å². The molecular weight excluding hydrogens is 255 g/mol. The second-order valence-electron chi connectivity index (χ2n) is 5.94. The lowest BCUT2D eigenvalue weighted by Crippen LogP contribution is -2.30. The van der Waals surface area contributed by atoms with Gasteiger partial charge in [0, 0.05) is 11.0 Å². The van der Waals surface area contributed by atoms with Crippen LogP contribution < -0.4 is 4.74 Å². The summed E-state index contributed by atoms with van der Waals surface area (Å²) in [5.74, 6) is 0.896. The van der Waals surface area contributed by atoms with Gasteiger partial charge in [0.2, 0.25) is 0 Å². The molecule has 1 aromatic rings. The molecule has 1 aliphatic carbocycles. The molecule has 0 aliphatic heterocycles. The van der Waals surface area contributed by atoms with Crippen molar-refractivity contribution in [1.82, 2.24) is 0 Å². The van der Waals surface area contributed by atoms with E-state index in [1.807, 2.05) is 32.9 Å². The van der Waals surface area contributed by atoms with Gasteiger partial charge in [0.15, 0.2) is 5.78 Å². The summed E-state index contributed by atoms with van der Waals surface area (Å²) in [7, 11) is 0. The minimum Gasteiger partial charge on any atom is -0.489 e. The van der Waals surface area contributed by atoms with Crippen LogP contribution in [0, 0.1) is 5.41 Å². The average molecular weight is 276 g/mol. The van der Waals surface area contributed by atoms with Gasteiger partial charge in [0.1, 0.15) is 12.4 Å². The molecule has 0 aromatic heterocycles. The van der Waals surface area contributed by atoms with E-state index in [4.69, 9.17) is 4.74 Å². The highest BCUT2D eigenvalue weighted by molar-refractivity contribution is 6.02. The van der Waals surface area contributed by atoms with Crippen LogP contribution in [0.15, 0.2) is 30.1 Å². The van der Waals surface area contributed by atoms with Crippen LogP contribution in [0.4, 0.5) is 4.39 Å². The van der Waals surface area contributed by atoms with E-state index in [1.165, 1.54) is 0 Å². The highest BCUT2D eigenvalue weighted by Gasteiger charge is 2.34. The number of ether oxygens (including phenoxy) is 1. The van der Waals surface area contributed by atoms with Crippen molar-refractivity contribution < 1.29 is 13.9 Å². The number of carbonyl (C=O) groups excluding carboxylic acids is 1. The molecule has 0 fully saturated rings. The Hall–Kier alpha value is -1.64. The summed E-state index contributed by atoms with van der Waals surface area (Å²) < 4.78 is 18.1. The zero-order valence-corrected chi connectivity index (χ0v) is 12.3. The Morgan fingerprint density at radius 2 is 2.20 bits per heavy atom. The van der Waals surface area contributed by atoms with Crippen molar-refractivity contribution in [3.05, 3.63) is 41.2 Å². The van der Waals surface area contributed by atoms with Crippen LogP contribution in [0.25, 0.3) is 0 Å². The fourth-order valence-corrected chi connectivity index (χ4v) is 2.40. The highest BCUT2D eigenvalue weighted by Crippen LogP contribution is 2.36. The molecule has 0 heterocycles. The van der Waals surface area contributed by atoms with E-state index in [9.17, 15) is 9.18 Å². The topological polar surface area (TPSA) is 26.3 Å². The number of benzene rings is 1. The van der Waals surface area contributed by atoms with Gasteiger partial charge in [-0.3, -0.25) is 4.79 Å². The summed E-state index contributed by atoms with van der Waals surface area (Å²) in [6.07, 6.45) is 2.97. The number of rotatable bonds is 4. The quantitative estimate of drug-likeness (QED) is 0.810. The Kier molecular flexibility index (Phi) is 4.26. The summed E-state index contributed by atoms with van der Waals surface area (Å²) in [5, 5.41) is 0. The molecule has 108 valence electrons. The summed E-state index contributed by atoms with van der Waals surface area (Å²) in [4.78, 5) is 12.3. The molecule has 3 heteroatoms. The second kappa shape index (κ2) is 5.78. The van der Waals surface area contributed by atoms with Crippen LogP contribution in [-0.4, -0.2) is 12.4 Å². The van der Waals surface area contributed by atoms with Crippen LogP contribution in [0.5, 0.6) is 5.75 Å². The number of ketones is 1. The van der Waals surface area contributed by atoms with Gasteiger partial charge in [-0.2, -0.15) is 0 Å². The molecular formula is C17H21FO2. The van der Waals surface area contributed by atoms with E-state index >= 15 is 0 Å². The maximum Gasteiger partial charge on any atom is 0.168 e. The Bertz CT molecular complexity index is 544. The van der Waals surface area contributed by atoms with E-state index in [0.717, 1.165) is 24.0 Å². The predicted molar refractivity (Wildman–Crippen MR) is 77.9 cm³/mol. The number of hydrogen-bond donors (Lipinski definition) is 0. The van der Waals surface area contributed by atoms with Gasteiger partial charge < -0.3 is 4.74 Å². The number of aryl methyl sites for hydroxylation is 1. The minimum atomic E-state index is -0.276. The largest absolute Gasteiger partial charge is 0.489 e. The lowest BCUT2D eigenvalue weighted by Gasteiger charge is -2.29. The first-order valence-electron chi connectivity index (χ1n) is 7.06. The van der Waals surface area contributed by atoms with Gasteiger partial charge in [-0.05, 0) is 48.6 Å². The number of Topliss-reactive ketones (excluding diaryl/α,β-unsaturated/α-hetero) is 1. The first-order chi connectivity index (χ1) is 9.47. The Labute approximate surface area is 119 Å². The fraction of sp³-hybridized carbons (Fsp3) is 0.471. The number of halogens is 1. The third-order valence-corrected chi connectivity index (χ3v) is 3.99. The lowest BCUT2D eigenvalue weighted by molar-refractivity contribution is 0.0811. The molecule has 0 saturated carbocycles. The third-order valence-electron chi connectivity index (χ3n) is 3.99. The van der Waals surface area contributed by atoms with Crippen molar-refractivity contribution in [2.45, 2.75) is 40.0 Å². The van der Waals surface area contributed by atoms with Crippen molar-refractivity contribution in [3.63, 3.8) is 0 Å². The SMILES string of the molecule is CCC(=CF)COc1ccc2c(c1)CCC(C)(C)C2=O. The van der Waals surface area contributed by atoms with Crippen molar-refractivity contribution in [3.8, 4) is 5.75 Å². The molecule has 20 heavy (non-hydrogen) atoms. The Morgan fingerprint density at radius 3 is 2.85 bits per heavy atom. The summed E-state index contributed by atoms with van der Waals surface area (Å²) in [5.41, 5.74) is 2.18. The number of fused-ring (bicyclic) bond motifs is 1. The standard InChI is InChI=1S/C17H21FO2/c1-4-12(10-18)11-20-14-5-6-15-13(9-14)7-8-17(2,3)16(15)19/h5-6,9-10H,4,7-8,11H2,1-3H3. The average Bonchev–Trinajstić information content (AvgIpc) is 2.44. The smallest absolute Gasteiger partial charge is 0.168 e. The van der Waals surface area contributed by atoms with E-state index in [2.05, 4.69) is 0 Å². The van der Waals surface area contributed by atoms with Crippen LogP contribution in [-0.2, 0) is 6.42 Å². The van der Waals surface area contributed by atoms with E-state index in [-0.39, 0.29) is 17.8 Å². The monoisotopic (exact) mass is 276 g/mol. The first-order valence-corrected chi connectivity index (χ1v) is 7.06. The lowest BCUT2D eigenvalue weighted by atomic mass is 9.73. The van der Waals surface area contributed by atoms with E-state index < -0.39 is 0 Å². The molecule has 2 nitrogen and oxygen atoms in total. The zero-order valence-electron chi connectivity index (χ0n) is 12.3. The molecule has 0 N–H and O–H groups in total. The molecule has 0 bridgehead atoms. The summed E-state index contributed by atoms with van der Waals surface area (Å²) in [6, 6.07) is 5.54. The molecule has 1 aliphatic rings. The molecule has 0 radical (unpaired) electrons. The van der Waals surface area contributed by atoms with E-state index in [1.54, 1.807) is 6.07 Å². The zero-order chi connectivity index (χ0) is 14.8. The number of hydrogen-bond acceptors (Lipinski definition) is 2. The predicted octanol–water partition coefficient (Wildman–Crippen LogP) is 4.48. The van der Waals surface area contributed by atoms with Gasteiger partial charge in [0.05, 0.1) is 6.33 Å². The van der Waals surface area contributed by atoms with Crippen molar-refractivity contribution in [1.29, 1.82) is 0 Å². The van der Waals surface area contributed by atoms with Crippen molar-refractivity contribution in [2.75, 3.05) is 6.61 Å². The van der Waals surface area contributed by atoms with Crippen molar-refractivity contribution >= 4 is 5.78 Å². The van der Waals surface area contributed by atoms with Crippen LogP contribution in [0.3, 0.4) is 0 Å². The van der Waals surface area contributed by atoms with Crippen molar-refractivity contribution in [2.24, 2.45) is 5.41 Å². The highest BCUT2D eigenvalue weighted by atomic mass is 19.1. The summed E-state index contributed by atoms with van der Waals surface area (Å²) >= 11 is 0.